The van der Waals surface area contributed by atoms with Crippen LogP contribution in [0.15, 0.2) is 159 Å². The van der Waals surface area contributed by atoms with Gasteiger partial charge >= 0.3 is 0 Å². The molecule has 5 heteroatoms. The maximum absolute atomic E-state index is 6.76. The first kappa shape index (κ1) is 25.0. The van der Waals surface area contributed by atoms with Gasteiger partial charge in [0.05, 0.1) is 11.4 Å². The molecule has 0 bridgehead atoms. The molecule has 0 aliphatic heterocycles. The minimum Gasteiger partial charge on any atom is -0.456 e. The number of nitrogens with zero attached hydrogens (tertiary/aromatic N) is 2. The van der Waals surface area contributed by atoms with Gasteiger partial charge in [-0.25, -0.2) is 4.98 Å². The van der Waals surface area contributed by atoms with Crippen molar-refractivity contribution in [3.8, 4) is 11.5 Å². The molecule has 0 saturated carbocycles. The topological polar surface area (TPSA) is 55.6 Å². The van der Waals surface area contributed by atoms with Crippen LogP contribution in [0, 0.1) is 0 Å². The van der Waals surface area contributed by atoms with Gasteiger partial charge < -0.3 is 18.2 Å². The molecule has 0 unspecified atom stereocenters. The lowest BCUT2D eigenvalue weighted by Crippen LogP contribution is -2.09. The molecule has 3 heterocycles. The summed E-state index contributed by atoms with van der Waals surface area (Å²) in [6.07, 6.45) is 0. The summed E-state index contributed by atoms with van der Waals surface area (Å²) in [5.74, 6) is 0.577. The molecule has 46 heavy (non-hydrogen) atoms. The van der Waals surface area contributed by atoms with Crippen LogP contribution in [0.1, 0.15) is 0 Å². The van der Waals surface area contributed by atoms with Crippen molar-refractivity contribution in [2.24, 2.45) is 0 Å². The number of furan rings is 2. The largest absolute Gasteiger partial charge is 0.456 e. The van der Waals surface area contributed by atoms with Crippen molar-refractivity contribution < 1.29 is 13.3 Å². The lowest BCUT2D eigenvalue weighted by atomic mass is 10.0. The van der Waals surface area contributed by atoms with Gasteiger partial charge in [-0.2, -0.15) is 0 Å². The predicted molar refractivity (Wildman–Crippen MR) is 186 cm³/mol. The Morgan fingerprint density at radius 2 is 1.22 bits per heavy atom. The first-order valence-electron chi connectivity index (χ1n) is 15.3. The van der Waals surface area contributed by atoms with Gasteiger partial charge in [-0.05, 0) is 66.0 Å². The van der Waals surface area contributed by atoms with Crippen LogP contribution in [0.4, 0.5) is 17.1 Å². The lowest BCUT2D eigenvalue weighted by Gasteiger charge is -2.25. The fraction of sp³-hybridized carbons (Fsp3) is 0. The molecule has 0 saturated heterocycles. The summed E-state index contributed by atoms with van der Waals surface area (Å²) in [6.45, 7) is 0. The number of anilines is 3. The second-order valence-corrected chi connectivity index (χ2v) is 11.5. The number of oxazole rings is 1. The van der Waals surface area contributed by atoms with Crippen LogP contribution in [0.25, 0.3) is 77.2 Å². The van der Waals surface area contributed by atoms with E-state index in [4.69, 9.17) is 18.2 Å². The summed E-state index contributed by atoms with van der Waals surface area (Å²) in [5.41, 5.74) is 8.71. The van der Waals surface area contributed by atoms with E-state index in [2.05, 4.69) is 102 Å². The Morgan fingerprint density at radius 3 is 2.15 bits per heavy atom. The maximum Gasteiger partial charge on any atom is 0.228 e. The van der Waals surface area contributed by atoms with E-state index in [0.717, 1.165) is 88.4 Å². The Labute approximate surface area is 262 Å². The highest BCUT2D eigenvalue weighted by Crippen LogP contribution is 2.45. The molecular formula is C41H24N2O3. The van der Waals surface area contributed by atoms with Gasteiger partial charge in [-0.15, -0.1) is 0 Å². The highest BCUT2D eigenvalue weighted by molar-refractivity contribution is 6.18. The molecule has 5 nitrogen and oxygen atoms in total. The molecule has 0 aliphatic carbocycles. The van der Waals surface area contributed by atoms with E-state index in [0.29, 0.717) is 5.89 Å². The molecule has 3 aromatic heterocycles. The highest BCUT2D eigenvalue weighted by Gasteiger charge is 2.22. The van der Waals surface area contributed by atoms with Crippen molar-refractivity contribution in [1.82, 2.24) is 4.98 Å². The van der Waals surface area contributed by atoms with Crippen LogP contribution in [-0.2, 0) is 0 Å². The van der Waals surface area contributed by atoms with Crippen LogP contribution < -0.4 is 4.90 Å². The first-order chi connectivity index (χ1) is 22.8. The molecular weight excluding hydrogens is 568 g/mol. The van der Waals surface area contributed by atoms with Crippen molar-refractivity contribution >= 4 is 82.8 Å². The monoisotopic (exact) mass is 592 g/mol. The highest BCUT2D eigenvalue weighted by atomic mass is 16.4. The van der Waals surface area contributed by atoms with E-state index in [1.165, 1.54) is 0 Å². The molecule has 10 aromatic rings. The zero-order valence-electron chi connectivity index (χ0n) is 24.5. The third-order valence-corrected chi connectivity index (χ3v) is 8.89. The fourth-order valence-electron chi connectivity index (χ4n) is 6.81. The lowest BCUT2D eigenvalue weighted by molar-refractivity contribution is 0.620. The number of hydrogen-bond donors (Lipinski definition) is 0. The van der Waals surface area contributed by atoms with E-state index in [1.807, 2.05) is 48.5 Å². The molecule has 0 aliphatic rings. The summed E-state index contributed by atoms with van der Waals surface area (Å²) in [4.78, 5) is 7.02. The summed E-state index contributed by atoms with van der Waals surface area (Å²) in [7, 11) is 0. The van der Waals surface area contributed by atoms with Crippen LogP contribution in [0.3, 0.4) is 0 Å². The Hall–Kier alpha value is -6.33. The second-order valence-electron chi connectivity index (χ2n) is 11.5. The number of hydrogen-bond acceptors (Lipinski definition) is 5. The van der Waals surface area contributed by atoms with Crippen molar-refractivity contribution in [2.45, 2.75) is 0 Å². The standard InChI is InChI=1S/C41H24N2O3/c1-2-11-26(12-3-1)43(34-17-8-14-29-30-22-20-25-10-4-5-13-28(25)39(30)46-40(29)34)27-21-23-31-37(24-27)44-36-19-9-15-32(38(31)36)41-42-33-16-6-7-18-35(33)45-41/h1-24H. The van der Waals surface area contributed by atoms with Gasteiger partial charge in [0, 0.05) is 44.2 Å². The van der Waals surface area contributed by atoms with E-state index in [-0.39, 0.29) is 0 Å². The quantitative estimate of drug-likeness (QED) is 0.203. The average molecular weight is 593 g/mol. The fourth-order valence-corrected chi connectivity index (χ4v) is 6.81. The molecule has 0 radical (unpaired) electrons. The number of benzene rings is 7. The number of fused-ring (bicyclic) bond motifs is 9. The summed E-state index contributed by atoms with van der Waals surface area (Å²) < 4.78 is 19.5. The molecule has 0 fully saturated rings. The molecule has 10 rings (SSSR count). The molecule has 0 spiro atoms. The van der Waals surface area contributed by atoms with Crippen LogP contribution in [-0.4, -0.2) is 4.98 Å². The normalized spacial score (nSPS) is 11.9. The van der Waals surface area contributed by atoms with E-state index >= 15 is 0 Å². The van der Waals surface area contributed by atoms with Crippen LogP contribution in [0.2, 0.25) is 0 Å². The molecule has 0 N–H and O–H groups in total. The Morgan fingerprint density at radius 1 is 0.457 bits per heavy atom. The van der Waals surface area contributed by atoms with Crippen LogP contribution >= 0.6 is 0 Å². The van der Waals surface area contributed by atoms with Gasteiger partial charge in [-0.1, -0.05) is 78.9 Å². The molecule has 216 valence electrons. The Kier molecular flexibility index (Phi) is 5.22. The maximum atomic E-state index is 6.76. The summed E-state index contributed by atoms with van der Waals surface area (Å²) >= 11 is 0. The van der Waals surface area contributed by atoms with Crippen LogP contribution in [0.5, 0.6) is 0 Å². The van der Waals surface area contributed by atoms with Crippen molar-refractivity contribution in [2.75, 3.05) is 4.90 Å². The first-order valence-corrected chi connectivity index (χ1v) is 15.3. The minimum absolute atomic E-state index is 0.577. The van der Waals surface area contributed by atoms with E-state index in [9.17, 15) is 0 Å². The zero-order chi connectivity index (χ0) is 30.2. The summed E-state index contributed by atoms with van der Waals surface area (Å²) in [5, 5.41) is 6.41. The minimum atomic E-state index is 0.577. The van der Waals surface area contributed by atoms with Crippen molar-refractivity contribution in [3.63, 3.8) is 0 Å². The van der Waals surface area contributed by atoms with E-state index in [1.54, 1.807) is 0 Å². The third kappa shape index (κ3) is 3.66. The number of para-hydroxylation sites is 4. The predicted octanol–water partition coefficient (Wildman–Crippen LogP) is 11.9. The van der Waals surface area contributed by atoms with Gasteiger partial charge in [-0.3, -0.25) is 0 Å². The van der Waals surface area contributed by atoms with Gasteiger partial charge in [0.15, 0.2) is 11.2 Å². The Balaban J connectivity index is 1.19. The van der Waals surface area contributed by atoms with Crippen molar-refractivity contribution in [1.29, 1.82) is 0 Å². The van der Waals surface area contributed by atoms with Gasteiger partial charge in [0.2, 0.25) is 5.89 Å². The van der Waals surface area contributed by atoms with Gasteiger partial charge in [0.1, 0.15) is 22.3 Å². The number of rotatable bonds is 4. The van der Waals surface area contributed by atoms with Gasteiger partial charge in [0.25, 0.3) is 0 Å². The zero-order valence-corrected chi connectivity index (χ0v) is 24.5. The molecule has 7 aromatic carbocycles. The average Bonchev–Trinajstić information content (AvgIpc) is 3.82. The van der Waals surface area contributed by atoms with E-state index < -0.39 is 0 Å². The second kappa shape index (κ2) is 9.58. The third-order valence-electron chi connectivity index (χ3n) is 8.89. The Bertz CT molecular complexity index is 2740. The molecule has 0 amide bonds. The summed E-state index contributed by atoms with van der Waals surface area (Å²) in [6, 6.07) is 49.7. The molecule has 0 atom stereocenters. The SMILES string of the molecule is c1ccc(N(c2ccc3c(c2)oc2cccc(-c4nc5ccccc5o4)c23)c2cccc3c2oc2c4ccccc4ccc32)cc1. The number of aromatic nitrogens is 1. The van der Waals surface area contributed by atoms with Crippen molar-refractivity contribution in [3.05, 3.63) is 146 Å². The smallest absolute Gasteiger partial charge is 0.228 e.